The average Bonchev–Trinajstić information content (AvgIpc) is 3.32. The fourth-order valence-electron chi connectivity index (χ4n) is 3.86. The molecule has 5 rings (SSSR count). The molecule has 1 aliphatic carbocycles. The summed E-state index contributed by atoms with van der Waals surface area (Å²) < 4.78 is 0. The van der Waals surface area contributed by atoms with Crippen molar-refractivity contribution in [2.45, 2.75) is 19.3 Å². The van der Waals surface area contributed by atoms with Crippen molar-refractivity contribution < 1.29 is 4.79 Å². The molecule has 0 spiro atoms. The molecule has 0 fully saturated rings. The molecule has 0 unspecified atom stereocenters. The Hall–Kier alpha value is -3.25. The average molecular weight is 386 g/mol. The lowest BCUT2D eigenvalue weighted by atomic mass is 9.96. The number of nitrogens with two attached hydrogens (primary N) is 1. The van der Waals surface area contributed by atoms with Crippen molar-refractivity contribution in [3.05, 3.63) is 71.0 Å². The quantitative estimate of drug-likeness (QED) is 0.536. The highest BCUT2D eigenvalue weighted by molar-refractivity contribution is 7.21. The van der Waals surface area contributed by atoms with E-state index in [0.29, 0.717) is 10.6 Å². The van der Waals surface area contributed by atoms with E-state index in [-0.39, 0.29) is 5.91 Å². The normalized spacial score (nSPS) is 12.9. The summed E-state index contributed by atoms with van der Waals surface area (Å²) >= 11 is 1.36. The Kier molecular flexibility index (Phi) is 4.06. The van der Waals surface area contributed by atoms with Gasteiger partial charge in [-0.25, -0.2) is 4.98 Å². The standard InChI is InChI=1S/C22H18N4OS/c23-19-18-17(13-9-11-24-12-10-13)15-7-4-8-16(15)26-22(18)28-20(19)21(27)25-14-5-2-1-3-6-14/h1-3,5-6,9-12H,4,7-8,23H2,(H,25,27). The summed E-state index contributed by atoms with van der Waals surface area (Å²) in [4.78, 5) is 23.2. The van der Waals surface area contributed by atoms with Gasteiger partial charge in [0.2, 0.25) is 0 Å². The van der Waals surface area contributed by atoms with Gasteiger partial charge in [-0.2, -0.15) is 0 Å². The number of pyridine rings is 2. The van der Waals surface area contributed by atoms with E-state index >= 15 is 0 Å². The number of rotatable bonds is 3. The number of carbonyl (C=O) groups excluding carboxylic acids is 1. The Morgan fingerprint density at radius 3 is 2.64 bits per heavy atom. The maximum atomic E-state index is 12.9. The maximum Gasteiger partial charge on any atom is 0.267 e. The van der Waals surface area contributed by atoms with E-state index in [1.54, 1.807) is 12.4 Å². The number of nitrogen functional groups attached to an aromatic ring is 1. The summed E-state index contributed by atoms with van der Waals surface area (Å²) in [5, 5.41) is 3.81. The van der Waals surface area contributed by atoms with Crippen LogP contribution in [0.15, 0.2) is 54.9 Å². The summed E-state index contributed by atoms with van der Waals surface area (Å²) in [7, 11) is 0. The molecule has 138 valence electrons. The van der Waals surface area contributed by atoms with Gasteiger partial charge in [-0.15, -0.1) is 11.3 Å². The summed E-state index contributed by atoms with van der Waals surface area (Å²) in [5.41, 5.74) is 12.3. The van der Waals surface area contributed by atoms with Crippen molar-refractivity contribution in [1.82, 2.24) is 9.97 Å². The first-order valence-corrected chi connectivity index (χ1v) is 10.0. The van der Waals surface area contributed by atoms with Gasteiger partial charge < -0.3 is 11.1 Å². The molecule has 28 heavy (non-hydrogen) atoms. The molecule has 5 nitrogen and oxygen atoms in total. The van der Waals surface area contributed by atoms with E-state index < -0.39 is 0 Å². The zero-order valence-corrected chi connectivity index (χ0v) is 15.9. The van der Waals surface area contributed by atoms with E-state index in [9.17, 15) is 4.79 Å². The van der Waals surface area contributed by atoms with E-state index in [1.807, 2.05) is 42.5 Å². The summed E-state index contributed by atoms with van der Waals surface area (Å²) in [6.45, 7) is 0. The first kappa shape index (κ1) is 16.9. The van der Waals surface area contributed by atoms with E-state index in [1.165, 1.54) is 16.9 Å². The highest BCUT2D eigenvalue weighted by Crippen LogP contribution is 2.44. The summed E-state index contributed by atoms with van der Waals surface area (Å²) in [5.74, 6) is -0.201. The van der Waals surface area contributed by atoms with Crippen LogP contribution in [0.2, 0.25) is 0 Å². The topological polar surface area (TPSA) is 80.9 Å². The molecule has 1 aromatic carbocycles. The van der Waals surface area contributed by atoms with Crippen molar-refractivity contribution in [3.63, 3.8) is 0 Å². The zero-order chi connectivity index (χ0) is 19.1. The largest absolute Gasteiger partial charge is 0.397 e. The predicted molar refractivity (Wildman–Crippen MR) is 114 cm³/mol. The minimum Gasteiger partial charge on any atom is -0.397 e. The number of anilines is 2. The number of hydrogen-bond donors (Lipinski definition) is 2. The molecule has 0 saturated carbocycles. The van der Waals surface area contributed by atoms with E-state index in [0.717, 1.165) is 52.0 Å². The van der Waals surface area contributed by atoms with Crippen LogP contribution in [0, 0.1) is 0 Å². The molecule has 1 aliphatic rings. The van der Waals surface area contributed by atoms with Crippen LogP contribution < -0.4 is 11.1 Å². The molecule has 3 N–H and O–H groups in total. The van der Waals surface area contributed by atoms with E-state index in [4.69, 9.17) is 10.7 Å². The van der Waals surface area contributed by atoms with Gasteiger partial charge in [-0.1, -0.05) is 18.2 Å². The van der Waals surface area contributed by atoms with Crippen LogP contribution >= 0.6 is 11.3 Å². The number of benzene rings is 1. The van der Waals surface area contributed by atoms with Crippen LogP contribution in [0.4, 0.5) is 11.4 Å². The number of nitrogens with one attached hydrogen (secondary N) is 1. The van der Waals surface area contributed by atoms with Crippen molar-refractivity contribution in [2.24, 2.45) is 0 Å². The van der Waals surface area contributed by atoms with E-state index in [2.05, 4.69) is 10.3 Å². The molecule has 0 aliphatic heterocycles. The van der Waals surface area contributed by atoms with Crippen LogP contribution in [-0.2, 0) is 12.8 Å². The third-order valence-corrected chi connectivity index (χ3v) is 6.21. The summed E-state index contributed by atoms with van der Waals surface area (Å²) in [6, 6.07) is 13.4. The lowest BCUT2D eigenvalue weighted by molar-refractivity contribution is 0.103. The number of aryl methyl sites for hydroxylation is 1. The highest BCUT2D eigenvalue weighted by atomic mass is 32.1. The lowest BCUT2D eigenvalue weighted by Crippen LogP contribution is -2.11. The first-order valence-electron chi connectivity index (χ1n) is 9.23. The van der Waals surface area contributed by atoms with Crippen LogP contribution in [0.5, 0.6) is 0 Å². The maximum absolute atomic E-state index is 12.9. The van der Waals surface area contributed by atoms with Crippen LogP contribution in [0.1, 0.15) is 27.3 Å². The minimum absolute atomic E-state index is 0.201. The Morgan fingerprint density at radius 1 is 1.07 bits per heavy atom. The van der Waals surface area contributed by atoms with Gasteiger partial charge >= 0.3 is 0 Å². The fourth-order valence-corrected chi connectivity index (χ4v) is 4.88. The number of amides is 1. The van der Waals surface area contributed by atoms with Crippen LogP contribution in [0.3, 0.4) is 0 Å². The number of hydrogen-bond acceptors (Lipinski definition) is 5. The Labute approximate surface area is 166 Å². The molecule has 3 aromatic heterocycles. The van der Waals surface area contributed by atoms with Gasteiger partial charge in [0.1, 0.15) is 9.71 Å². The fraction of sp³-hybridized carbons (Fsp3) is 0.136. The van der Waals surface area contributed by atoms with Gasteiger partial charge in [-0.3, -0.25) is 9.78 Å². The van der Waals surface area contributed by atoms with Crippen LogP contribution in [-0.4, -0.2) is 15.9 Å². The Morgan fingerprint density at radius 2 is 1.86 bits per heavy atom. The molecule has 1 amide bonds. The lowest BCUT2D eigenvalue weighted by Gasteiger charge is -2.11. The van der Waals surface area contributed by atoms with Gasteiger partial charge in [0.15, 0.2) is 0 Å². The molecule has 4 aromatic rings. The SMILES string of the molecule is Nc1c(C(=O)Nc2ccccc2)sc2nc3c(c(-c4ccncc4)c12)CCC3. The van der Waals surface area contributed by atoms with Gasteiger partial charge in [0.25, 0.3) is 5.91 Å². The second kappa shape index (κ2) is 6.73. The molecule has 0 atom stereocenters. The highest BCUT2D eigenvalue weighted by Gasteiger charge is 2.26. The molecule has 0 saturated heterocycles. The minimum atomic E-state index is -0.201. The Balaban J connectivity index is 1.68. The second-order valence-electron chi connectivity index (χ2n) is 6.85. The van der Waals surface area contributed by atoms with Gasteiger partial charge in [0, 0.05) is 29.2 Å². The van der Waals surface area contributed by atoms with Crippen LogP contribution in [0.25, 0.3) is 21.3 Å². The first-order chi connectivity index (χ1) is 13.7. The molecule has 6 heteroatoms. The second-order valence-corrected chi connectivity index (χ2v) is 7.85. The Bertz CT molecular complexity index is 1190. The van der Waals surface area contributed by atoms with Gasteiger partial charge in [0.05, 0.1) is 5.69 Å². The number of carbonyl (C=O) groups is 1. The van der Waals surface area contributed by atoms with Crippen molar-refractivity contribution >= 4 is 38.8 Å². The number of aromatic nitrogens is 2. The zero-order valence-electron chi connectivity index (χ0n) is 15.1. The monoisotopic (exact) mass is 386 g/mol. The predicted octanol–water partition coefficient (Wildman–Crippen LogP) is 4.68. The smallest absolute Gasteiger partial charge is 0.267 e. The summed E-state index contributed by atoms with van der Waals surface area (Å²) in [6.07, 6.45) is 6.62. The van der Waals surface area contributed by atoms with Crippen molar-refractivity contribution in [2.75, 3.05) is 11.1 Å². The number of thiophene rings is 1. The van der Waals surface area contributed by atoms with Crippen molar-refractivity contribution in [1.29, 1.82) is 0 Å². The third-order valence-electron chi connectivity index (χ3n) is 5.11. The van der Waals surface area contributed by atoms with Crippen molar-refractivity contribution in [3.8, 4) is 11.1 Å². The number of nitrogens with zero attached hydrogens (tertiary/aromatic N) is 2. The third kappa shape index (κ3) is 2.73. The van der Waals surface area contributed by atoms with Gasteiger partial charge in [-0.05, 0) is 60.2 Å². The molecule has 0 bridgehead atoms. The molecular formula is C22H18N4OS. The molecule has 0 radical (unpaired) electrons. The molecule has 3 heterocycles. The number of fused-ring (bicyclic) bond motifs is 2. The molecular weight excluding hydrogens is 368 g/mol. The number of para-hydroxylation sites is 1.